The molecule has 118 valence electrons. The minimum atomic E-state index is -2.46. The zero-order chi connectivity index (χ0) is 15.3. The summed E-state index contributed by atoms with van der Waals surface area (Å²) in [5.41, 5.74) is 0. The average molecular weight is 303 g/mol. The Morgan fingerprint density at radius 2 is 1.70 bits per heavy atom. The Morgan fingerprint density at radius 3 is 2.25 bits per heavy atom. The fourth-order valence-electron chi connectivity index (χ4n) is 2.08. The maximum atomic E-state index is 9.89. The minimum Gasteiger partial charge on any atom is -0.374 e. The lowest BCUT2D eigenvalue weighted by molar-refractivity contribution is 0.0407. The van der Waals surface area contributed by atoms with Gasteiger partial charge in [0.15, 0.2) is 0 Å². The second kappa shape index (κ2) is 12.2. The quantitative estimate of drug-likeness (QED) is 0.227. The standard InChI is InChI=1S/C14H29NO4Si/c1-5-17-20(4,18-6-2)19-14(3)11-9-7-8-10-12-15-13-16/h14H,5-12H2,1-4H3. The van der Waals surface area contributed by atoms with E-state index in [0.717, 1.165) is 32.1 Å². The van der Waals surface area contributed by atoms with E-state index < -0.39 is 8.80 Å². The molecule has 0 aromatic rings. The van der Waals surface area contributed by atoms with Crippen LogP contribution in [0.5, 0.6) is 0 Å². The molecular formula is C14H29NO4Si. The van der Waals surface area contributed by atoms with Crippen molar-refractivity contribution in [2.45, 2.75) is 65.5 Å². The van der Waals surface area contributed by atoms with E-state index in [-0.39, 0.29) is 6.10 Å². The van der Waals surface area contributed by atoms with Gasteiger partial charge in [-0.1, -0.05) is 19.3 Å². The molecule has 0 aliphatic rings. The minimum absolute atomic E-state index is 0.151. The van der Waals surface area contributed by atoms with Gasteiger partial charge in [-0.3, -0.25) is 0 Å². The van der Waals surface area contributed by atoms with E-state index in [1.807, 2.05) is 20.4 Å². The Labute approximate surface area is 124 Å². The number of isocyanates is 1. The smallest absolute Gasteiger partial charge is 0.374 e. The SMILES string of the molecule is CCO[Si](C)(OCC)OC(C)CCCCCCN=C=O. The van der Waals surface area contributed by atoms with Crippen molar-refractivity contribution >= 4 is 14.9 Å². The van der Waals surface area contributed by atoms with E-state index in [1.54, 1.807) is 6.08 Å². The zero-order valence-corrected chi connectivity index (χ0v) is 14.3. The number of rotatable bonds is 13. The normalized spacial score (nSPS) is 13.0. The second-order valence-electron chi connectivity index (χ2n) is 4.83. The van der Waals surface area contributed by atoms with Crippen molar-refractivity contribution in [1.29, 1.82) is 0 Å². The average Bonchev–Trinajstić information content (AvgIpc) is 2.38. The summed E-state index contributed by atoms with van der Waals surface area (Å²) in [5, 5.41) is 0. The Balaban J connectivity index is 3.79. The van der Waals surface area contributed by atoms with E-state index in [9.17, 15) is 4.79 Å². The van der Waals surface area contributed by atoms with Crippen molar-refractivity contribution in [2.24, 2.45) is 4.99 Å². The summed E-state index contributed by atoms with van der Waals surface area (Å²) >= 11 is 0. The Kier molecular flexibility index (Phi) is 11.9. The van der Waals surface area contributed by atoms with Crippen molar-refractivity contribution in [3.63, 3.8) is 0 Å². The van der Waals surface area contributed by atoms with Gasteiger partial charge in [-0.25, -0.2) is 9.79 Å². The van der Waals surface area contributed by atoms with Crippen LogP contribution < -0.4 is 0 Å². The summed E-state index contributed by atoms with van der Waals surface area (Å²) in [5.74, 6) is 0. The number of hydrogen-bond acceptors (Lipinski definition) is 5. The molecule has 0 N–H and O–H groups in total. The van der Waals surface area contributed by atoms with Gasteiger partial charge in [0.2, 0.25) is 6.08 Å². The van der Waals surface area contributed by atoms with Gasteiger partial charge in [0.25, 0.3) is 0 Å². The largest absolute Gasteiger partial charge is 0.497 e. The van der Waals surface area contributed by atoms with Crippen molar-refractivity contribution in [3.05, 3.63) is 0 Å². The van der Waals surface area contributed by atoms with Crippen LogP contribution in [0.2, 0.25) is 6.55 Å². The molecule has 0 aliphatic heterocycles. The summed E-state index contributed by atoms with van der Waals surface area (Å²) < 4.78 is 17.3. The van der Waals surface area contributed by atoms with Gasteiger partial charge in [0.1, 0.15) is 0 Å². The summed E-state index contributed by atoms with van der Waals surface area (Å²) in [6.07, 6.45) is 6.98. The molecule has 0 aliphatic carbocycles. The molecule has 0 aromatic heterocycles. The summed E-state index contributed by atoms with van der Waals surface area (Å²) in [4.78, 5) is 13.4. The lowest BCUT2D eigenvalue weighted by atomic mass is 10.1. The predicted molar refractivity (Wildman–Crippen MR) is 81.5 cm³/mol. The molecule has 5 nitrogen and oxygen atoms in total. The van der Waals surface area contributed by atoms with Crippen molar-refractivity contribution in [1.82, 2.24) is 0 Å². The lowest BCUT2D eigenvalue weighted by Crippen LogP contribution is -2.45. The van der Waals surface area contributed by atoms with Crippen LogP contribution in [-0.4, -0.2) is 40.7 Å². The van der Waals surface area contributed by atoms with Gasteiger partial charge in [0, 0.05) is 25.9 Å². The fourth-order valence-corrected chi connectivity index (χ4v) is 4.20. The molecule has 0 saturated heterocycles. The van der Waals surface area contributed by atoms with Gasteiger partial charge in [-0.15, -0.1) is 0 Å². The van der Waals surface area contributed by atoms with Crippen molar-refractivity contribution < 1.29 is 18.1 Å². The van der Waals surface area contributed by atoms with E-state index >= 15 is 0 Å². The number of hydrogen-bond donors (Lipinski definition) is 0. The molecule has 0 spiro atoms. The van der Waals surface area contributed by atoms with E-state index in [1.165, 1.54) is 0 Å². The van der Waals surface area contributed by atoms with E-state index in [4.69, 9.17) is 13.3 Å². The van der Waals surface area contributed by atoms with Gasteiger partial charge >= 0.3 is 8.80 Å². The summed E-state index contributed by atoms with van der Waals surface area (Å²) in [6.45, 7) is 9.77. The van der Waals surface area contributed by atoms with Crippen LogP contribution in [0, 0.1) is 0 Å². The maximum absolute atomic E-state index is 9.89. The molecule has 0 saturated carbocycles. The number of aliphatic imine (C=N–C) groups is 1. The molecule has 20 heavy (non-hydrogen) atoms. The molecule has 6 heteroatoms. The molecule has 0 heterocycles. The lowest BCUT2D eigenvalue weighted by Gasteiger charge is -2.28. The van der Waals surface area contributed by atoms with Crippen LogP contribution in [0.25, 0.3) is 0 Å². The monoisotopic (exact) mass is 303 g/mol. The van der Waals surface area contributed by atoms with E-state index in [2.05, 4.69) is 11.9 Å². The Bertz CT molecular complexity index is 276. The summed E-state index contributed by atoms with van der Waals surface area (Å²) in [7, 11) is -2.46. The number of carbonyl (C=O) groups excluding carboxylic acids is 1. The molecular weight excluding hydrogens is 274 g/mol. The van der Waals surface area contributed by atoms with Gasteiger partial charge in [-0.05, 0) is 33.6 Å². The number of unbranched alkanes of at least 4 members (excludes halogenated alkanes) is 3. The van der Waals surface area contributed by atoms with Crippen LogP contribution in [0.1, 0.15) is 52.9 Å². The van der Waals surface area contributed by atoms with E-state index in [0.29, 0.717) is 19.8 Å². The third kappa shape index (κ3) is 10.3. The van der Waals surface area contributed by atoms with Crippen LogP contribution in [-0.2, 0) is 18.1 Å². The first kappa shape index (κ1) is 19.5. The topological polar surface area (TPSA) is 57.1 Å². The van der Waals surface area contributed by atoms with Gasteiger partial charge in [-0.2, -0.15) is 0 Å². The van der Waals surface area contributed by atoms with Crippen molar-refractivity contribution in [3.8, 4) is 0 Å². The highest BCUT2D eigenvalue weighted by Gasteiger charge is 2.35. The third-order valence-corrected chi connectivity index (χ3v) is 5.38. The highest BCUT2D eigenvalue weighted by atomic mass is 28.4. The Hall–Kier alpha value is -0.523. The molecule has 1 atom stereocenters. The van der Waals surface area contributed by atoms with Crippen LogP contribution in [0.4, 0.5) is 0 Å². The van der Waals surface area contributed by atoms with Crippen LogP contribution in [0.3, 0.4) is 0 Å². The highest BCUT2D eigenvalue weighted by molar-refractivity contribution is 6.59. The molecule has 0 radical (unpaired) electrons. The van der Waals surface area contributed by atoms with Gasteiger partial charge in [0.05, 0.1) is 6.54 Å². The zero-order valence-electron chi connectivity index (χ0n) is 13.3. The first-order valence-electron chi connectivity index (χ1n) is 7.57. The number of nitrogens with zero attached hydrogens (tertiary/aromatic N) is 1. The molecule has 0 rings (SSSR count). The van der Waals surface area contributed by atoms with Crippen molar-refractivity contribution in [2.75, 3.05) is 19.8 Å². The fraction of sp³-hybridized carbons (Fsp3) is 0.929. The molecule has 0 bridgehead atoms. The first-order chi connectivity index (χ1) is 9.58. The molecule has 0 aromatic carbocycles. The first-order valence-corrected chi connectivity index (χ1v) is 9.79. The third-order valence-electron chi connectivity index (χ3n) is 2.92. The van der Waals surface area contributed by atoms with Gasteiger partial charge < -0.3 is 13.3 Å². The highest BCUT2D eigenvalue weighted by Crippen LogP contribution is 2.16. The Morgan fingerprint density at radius 1 is 1.10 bits per heavy atom. The van der Waals surface area contributed by atoms with Crippen LogP contribution >= 0.6 is 0 Å². The molecule has 1 unspecified atom stereocenters. The summed E-state index contributed by atoms with van der Waals surface area (Å²) in [6, 6.07) is 0. The second-order valence-corrected chi connectivity index (χ2v) is 7.37. The predicted octanol–water partition coefficient (Wildman–Crippen LogP) is 3.32. The van der Waals surface area contributed by atoms with Crippen LogP contribution in [0.15, 0.2) is 4.99 Å². The molecule has 0 fully saturated rings. The maximum Gasteiger partial charge on any atom is 0.497 e. The molecule has 0 amide bonds.